The molecule has 32 rings (SSSR count). The maximum absolute atomic E-state index is 5.49. The average Bonchev–Trinajstić information content (AvgIpc) is 1.53. The van der Waals surface area contributed by atoms with Crippen molar-refractivity contribution in [1.82, 2.24) is 68.1 Å². The highest BCUT2D eigenvalue weighted by Crippen LogP contribution is 2.58. The van der Waals surface area contributed by atoms with E-state index in [9.17, 15) is 0 Å². The number of nitrogens with zero attached hydrogens (tertiary/aromatic N) is 14. The van der Waals surface area contributed by atoms with Crippen molar-refractivity contribution in [2.75, 3.05) is 0 Å². The summed E-state index contributed by atoms with van der Waals surface area (Å²) in [5, 5.41) is 25.7. The molecule has 0 saturated carbocycles. The molecule has 0 spiro atoms. The molecule has 31 aromatic rings. The van der Waals surface area contributed by atoms with Crippen molar-refractivity contribution in [2.24, 2.45) is 0 Å². The van der Waals surface area contributed by atoms with E-state index in [2.05, 4.69) is 407 Å². The van der Waals surface area contributed by atoms with E-state index in [1.807, 2.05) is 103 Å². The lowest BCUT2D eigenvalue weighted by Gasteiger charge is -2.23. The minimum absolute atomic E-state index is 0.198. The summed E-state index contributed by atoms with van der Waals surface area (Å²) in [6.45, 7) is 4.74. The summed E-state index contributed by atoms with van der Waals surface area (Å²) in [6.07, 6.45) is 11.7. The molecule has 0 bridgehead atoms. The number of para-hydroxylation sites is 5. The Labute approximate surface area is 850 Å². The third-order valence-electron chi connectivity index (χ3n) is 30.2. The smallest absolute Gasteiger partial charge is 0.235 e. The summed E-state index contributed by atoms with van der Waals surface area (Å²) in [7, 11) is 0. The lowest BCUT2D eigenvalue weighted by molar-refractivity contribution is 0.666. The maximum atomic E-state index is 5.49. The van der Waals surface area contributed by atoms with Crippen LogP contribution in [0.4, 0.5) is 0 Å². The number of thiophene rings is 1. The molecule has 19 aromatic carbocycles. The van der Waals surface area contributed by atoms with E-state index in [4.69, 9.17) is 44.9 Å². The Balaban J connectivity index is 0.000000104. The quantitative estimate of drug-likeness (QED) is 0.137. The molecule has 0 saturated heterocycles. The number of rotatable bonds is 9. The molecular weight excluding hydrogens is 1830 g/mol. The Morgan fingerprint density at radius 3 is 1.57 bits per heavy atom. The van der Waals surface area contributed by atoms with E-state index in [0.29, 0.717) is 17.6 Å². The van der Waals surface area contributed by atoms with Crippen LogP contribution in [-0.4, -0.2) is 68.1 Å². The van der Waals surface area contributed by atoms with Gasteiger partial charge in [0.1, 0.15) is 5.82 Å². The van der Waals surface area contributed by atoms with Crippen molar-refractivity contribution in [3.05, 3.63) is 473 Å². The Kier molecular flexibility index (Phi) is 19.0. The predicted molar refractivity (Wildman–Crippen MR) is 612 cm³/mol. The zero-order valence-corrected chi connectivity index (χ0v) is 80.9. The molecule has 1 aliphatic rings. The van der Waals surface area contributed by atoms with Gasteiger partial charge in [0.25, 0.3) is 0 Å². The number of hydrogen-bond donors (Lipinski definition) is 0. The van der Waals surface area contributed by atoms with Crippen molar-refractivity contribution >= 4 is 205 Å². The van der Waals surface area contributed by atoms with Crippen molar-refractivity contribution in [1.29, 1.82) is 0 Å². The zero-order valence-electron chi connectivity index (χ0n) is 80.0. The van der Waals surface area contributed by atoms with Crippen LogP contribution in [0.2, 0.25) is 0 Å². The largest absolute Gasteiger partial charge is 0.309 e. The molecule has 0 atom stereocenters. The fourth-order valence-corrected chi connectivity index (χ4v) is 25.2. The Bertz CT molecular complexity index is 11000. The highest BCUT2D eigenvalue weighted by atomic mass is 32.1. The van der Waals surface area contributed by atoms with Gasteiger partial charge in [0, 0.05) is 183 Å². The van der Waals surface area contributed by atoms with Gasteiger partial charge in [-0.25, -0.2) is 29.9 Å². The number of pyridine rings is 4. The van der Waals surface area contributed by atoms with Crippen molar-refractivity contribution < 1.29 is 0 Å². The third-order valence-corrected chi connectivity index (χ3v) is 31.4. The van der Waals surface area contributed by atoms with Crippen LogP contribution >= 0.6 is 11.3 Å². The van der Waals surface area contributed by atoms with E-state index in [0.717, 1.165) is 166 Å². The average molecular weight is 1910 g/mol. The molecule has 14 nitrogen and oxygen atoms in total. The van der Waals surface area contributed by atoms with Crippen molar-refractivity contribution in [3.63, 3.8) is 0 Å². The minimum Gasteiger partial charge on any atom is -0.309 e. The van der Waals surface area contributed by atoms with Crippen LogP contribution in [0, 0.1) is 0 Å². The topological polar surface area (TPSA) is 149 Å². The van der Waals surface area contributed by atoms with Gasteiger partial charge >= 0.3 is 0 Å². The molecule has 0 N–H and O–H groups in total. The standard InChI is InChI=1S/C50H34N4.C48H28N6.C35H20N4S/c1-50(2)41-23-12-11-22-38(41)46-47(50)37-24-25-51-30-40(37)45-39-27-33-18-9-10-19-34(33)28-44(39)54(48(45)46)36-21-13-20-35(26-36)43-29-42(31-14-5-3-6-15-31)52-49(53-43)32-16-7-4-8-17-32;1-2-14-30(15-3-1)43-33-19-6-8-22-36(33)51-48(52-43)54-38-26-25-29-13-4-5-18-32(29)40(38)41-35-21-12-28-50-45(35)47-42(46(41)54)34-20-7-9-23-37(34)53(47)39-24-10-16-31-17-11-27-49-44(31)39;1-2-10-21(11-3-1)34-37-27-15-7-4-12-23(27)35(38-34)39-28-16-8-5-13-24(28)30-26-20-36-19-18-22(26)33-31(32(30)39)25-14-6-9-17-29(25)40-33/h3-30H,1-2H3;1-28H;1-20H. The second kappa shape index (κ2) is 33.3. The molecule has 15 heteroatoms. The van der Waals surface area contributed by atoms with Crippen LogP contribution in [-0.2, 0) is 5.41 Å². The molecule has 0 aliphatic heterocycles. The van der Waals surface area contributed by atoms with Gasteiger partial charge in [-0.05, 0) is 147 Å². The Morgan fingerprint density at radius 2 is 0.818 bits per heavy atom. The molecule has 12 heterocycles. The van der Waals surface area contributed by atoms with Gasteiger partial charge in [0.15, 0.2) is 11.6 Å². The molecule has 148 heavy (non-hydrogen) atoms. The van der Waals surface area contributed by atoms with Gasteiger partial charge in [-0.2, -0.15) is 0 Å². The highest BCUT2D eigenvalue weighted by molar-refractivity contribution is 7.27. The molecule has 0 radical (unpaired) electrons. The van der Waals surface area contributed by atoms with Gasteiger partial charge in [-0.3, -0.25) is 29.1 Å². The van der Waals surface area contributed by atoms with Crippen LogP contribution in [0.3, 0.4) is 0 Å². The van der Waals surface area contributed by atoms with Crippen molar-refractivity contribution in [2.45, 2.75) is 19.3 Å². The van der Waals surface area contributed by atoms with Crippen LogP contribution in [0.5, 0.6) is 0 Å². The summed E-state index contributed by atoms with van der Waals surface area (Å²) in [5.41, 5.74) is 27.5. The first-order valence-electron chi connectivity index (χ1n) is 50.0. The van der Waals surface area contributed by atoms with E-state index in [1.165, 1.54) is 113 Å². The lowest BCUT2D eigenvalue weighted by atomic mass is 9.80. The first-order chi connectivity index (χ1) is 73.2. The van der Waals surface area contributed by atoms with E-state index < -0.39 is 0 Å². The summed E-state index contributed by atoms with van der Waals surface area (Å²) in [6, 6.07) is 150. The molecule has 0 fully saturated rings. The molecule has 0 unspecified atom stereocenters. The van der Waals surface area contributed by atoms with Crippen LogP contribution < -0.4 is 0 Å². The van der Waals surface area contributed by atoms with E-state index in [1.54, 1.807) is 0 Å². The second-order valence-corrected chi connectivity index (χ2v) is 39.8. The fourth-order valence-electron chi connectivity index (χ4n) is 23.9. The summed E-state index contributed by atoms with van der Waals surface area (Å²) in [4.78, 5) is 50.9. The van der Waals surface area contributed by atoms with Gasteiger partial charge < -0.3 is 9.13 Å². The molecule has 1 aliphatic carbocycles. The van der Waals surface area contributed by atoms with Crippen LogP contribution in [0.15, 0.2) is 462 Å². The Morgan fingerprint density at radius 1 is 0.270 bits per heavy atom. The fraction of sp³-hybridized carbons (Fsp3) is 0.0226. The molecule has 0 amide bonds. The van der Waals surface area contributed by atoms with Gasteiger partial charge in [-0.15, -0.1) is 11.3 Å². The van der Waals surface area contributed by atoms with Crippen molar-refractivity contribution in [3.8, 4) is 90.8 Å². The van der Waals surface area contributed by atoms with Gasteiger partial charge in [-0.1, -0.05) is 335 Å². The van der Waals surface area contributed by atoms with Crippen LogP contribution in [0.1, 0.15) is 25.0 Å². The number of benzene rings is 19. The van der Waals surface area contributed by atoms with Gasteiger partial charge in [0.05, 0.1) is 89.0 Å². The predicted octanol–water partition coefficient (Wildman–Crippen LogP) is 33.6. The third kappa shape index (κ3) is 12.9. The van der Waals surface area contributed by atoms with E-state index >= 15 is 0 Å². The maximum Gasteiger partial charge on any atom is 0.235 e. The lowest BCUT2D eigenvalue weighted by Crippen LogP contribution is -2.15. The normalized spacial score (nSPS) is 12.4. The summed E-state index contributed by atoms with van der Waals surface area (Å²) >= 11 is 1.85. The SMILES string of the molecule is CC1(C)c2ccccc2-c2c1c1ccncc1c1c3cc4ccccc4cc3n(-c3cccc(-c4cc(-c5ccccc5)nc(-c5ccccc5)n4)c3)c21.c1ccc(-c2nc(-n3c4ccc5ccccc5c4c4c5cccnc5c5c(c6ccccc6n5-c5cccc6cccnc56)c43)nc3ccccc23)cc1.c1ccc(-c2nc(-n3c4ccccc4c4c5cnccc5c5sc6ccccc6c5c43)c3ccccc3n2)cc1. The minimum atomic E-state index is -0.198. The van der Waals surface area contributed by atoms with E-state index in [-0.39, 0.29) is 5.41 Å². The first kappa shape index (κ1) is 84.2. The molecular formula is C133H82N14S. The Hall–Kier alpha value is -19.5. The highest BCUT2D eigenvalue weighted by Gasteiger charge is 2.41. The summed E-state index contributed by atoms with van der Waals surface area (Å²) in [5.74, 6) is 2.93. The second-order valence-electron chi connectivity index (χ2n) is 38.7. The number of fused-ring (bicyclic) bond motifs is 36. The monoisotopic (exact) mass is 1910 g/mol. The van der Waals surface area contributed by atoms with Crippen LogP contribution in [0.25, 0.3) is 285 Å². The molecule has 690 valence electrons. The number of hydrogen-bond acceptors (Lipinski definition) is 11. The van der Waals surface area contributed by atoms with Gasteiger partial charge in [0.2, 0.25) is 5.95 Å². The number of aromatic nitrogens is 14. The first-order valence-corrected chi connectivity index (χ1v) is 50.8. The summed E-state index contributed by atoms with van der Waals surface area (Å²) < 4.78 is 12.1. The molecule has 12 aromatic heterocycles. The zero-order chi connectivity index (χ0) is 97.5.